The first-order valence-electron chi connectivity index (χ1n) is 10.2. The summed E-state index contributed by atoms with van der Waals surface area (Å²) in [7, 11) is 0. The third-order valence-corrected chi connectivity index (χ3v) is 6.40. The van der Waals surface area contributed by atoms with Crippen LogP contribution in [0.3, 0.4) is 0 Å². The second kappa shape index (κ2) is 10.2. The Morgan fingerprint density at radius 1 is 1.06 bits per heavy atom. The van der Waals surface area contributed by atoms with E-state index in [-0.39, 0.29) is 11.8 Å². The lowest BCUT2D eigenvalue weighted by Gasteiger charge is -2.32. The highest BCUT2D eigenvalue weighted by Gasteiger charge is 2.54. The number of unbranched alkanes of at least 4 members (excludes halogenated alkanes) is 1. The summed E-state index contributed by atoms with van der Waals surface area (Å²) < 4.78 is 0.935. The number of anilines is 1. The number of amides is 4. The van der Waals surface area contributed by atoms with E-state index in [1.165, 1.54) is 6.92 Å². The first kappa shape index (κ1) is 24.6. The molecule has 1 N–H and O–H groups in total. The fourth-order valence-corrected chi connectivity index (χ4v) is 4.62. The molecule has 0 aliphatic carbocycles. The van der Waals surface area contributed by atoms with Crippen molar-refractivity contribution in [2.24, 2.45) is 0 Å². The maximum absolute atomic E-state index is 13.6. The van der Waals surface area contributed by atoms with E-state index < -0.39 is 11.6 Å². The van der Waals surface area contributed by atoms with E-state index in [0.717, 1.165) is 14.9 Å². The molecule has 1 atom stereocenters. The van der Waals surface area contributed by atoms with E-state index in [2.05, 4.69) is 21.2 Å². The Kier molecular flexibility index (Phi) is 7.85. The molecule has 6 nitrogen and oxygen atoms in total. The third-order valence-electron chi connectivity index (χ3n) is 5.43. The molecule has 1 aliphatic rings. The average Bonchev–Trinajstić information content (AvgIpc) is 2.88. The van der Waals surface area contributed by atoms with Gasteiger partial charge in [0.05, 0.1) is 5.69 Å². The Bertz CT molecular complexity index is 1010. The number of carbonyl (C=O) groups is 3. The molecular formula is C23H24BrCl2N3O3. The molecule has 4 amide bonds. The van der Waals surface area contributed by atoms with Crippen LogP contribution in [0.2, 0.25) is 10.0 Å². The molecule has 1 fully saturated rings. The van der Waals surface area contributed by atoms with Crippen molar-refractivity contribution in [3.63, 3.8) is 0 Å². The molecule has 2 aromatic carbocycles. The van der Waals surface area contributed by atoms with Crippen molar-refractivity contribution in [3.8, 4) is 0 Å². The van der Waals surface area contributed by atoms with Gasteiger partial charge in [0.25, 0.3) is 5.91 Å². The Morgan fingerprint density at radius 3 is 2.28 bits per heavy atom. The fraction of sp³-hybridized carbons (Fsp3) is 0.348. The summed E-state index contributed by atoms with van der Waals surface area (Å²) in [6.45, 7) is 4.14. The van der Waals surface area contributed by atoms with Crippen molar-refractivity contribution in [1.29, 1.82) is 0 Å². The summed E-state index contributed by atoms with van der Waals surface area (Å²) in [5.41, 5.74) is 0.208. The number of hydrogen-bond donors (Lipinski definition) is 1. The molecular weight excluding hydrogens is 517 g/mol. The van der Waals surface area contributed by atoms with Gasteiger partial charge in [-0.05, 0) is 55.7 Å². The third kappa shape index (κ3) is 5.45. The highest BCUT2D eigenvalue weighted by atomic mass is 79.9. The zero-order valence-electron chi connectivity index (χ0n) is 17.8. The predicted octanol–water partition coefficient (Wildman–Crippen LogP) is 5.44. The molecule has 3 rings (SSSR count). The lowest BCUT2D eigenvalue weighted by molar-refractivity contribution is -0.124. The number of hydrogen-bond acceptors (Lipinski definition) is 3. The van der Waals surface area contributed by atoms with Gasteiger partial charge in [-0.2, -0.15) is 0 Å². The van der Waals surface area contributed by atoms with Crippen molar-refractivity contribution < 1.29 is 14.4 Å². The Labute approximate surface area is 206 Å². The standard InChI is InChI=1S/C23H24BrCl2N3O3/c1-15(30)27-9-3-4-10-28-22(32)29(20-12-18(25)11-19(26)13-20)21(31)23(28,2)14-16-5-7-17(24)8-6-16/h5-8,11-13H,3-4,9-10,14H2,1-2H3,(H,27,30)/t23-/m1/s1. The predicted molar refractivity (Wildman–Crippen MR) is 130 cm³/mol. The Morgan fingerprint density at radius 2 is 1.69 bits per heavy atom. The van der Waals surface area contributed by atoms with Crippen LogP contribution in [-0.4, -0.2) is 41.4 Å². The van der Waals surface area contributed by atoms with Gasteiger partial charge in [-0.15, -0.1) is 0 Å². The van der Waals surface area contributed by atoms with Gasteiger partial charge >= 0.3 is 6.03 Å². The highest BCUT2D eigenvalue weighted by Crippen LogP contribution is 2.37. The Balaban J connectivity index is 1.90. The zero-order chi connectivity index (χ0) is 23.5. The van der Waals surface area contributed by atoms with Crippen molar-refractivity contribution >= 4 is 62.7 Å². The largest absolute Gasteiger partial charge is 0.356 e. The summed E-state index contributed by atoms with van der Waals surface area (Å²) >= 11 is 15.7. The van der Waals surface area contributed by atoms with Gasteiger partial charge in [-0.3, -0.25) is 9.59 Å². The monoisotopic (exact) mass is 539 g/mol. The highest BCUT2D eigenvalue weighted by molar-refractivity contribution is 9.10. The minimum atomic E-state index is -1.08. The van der Waals surface area contributed by atoms with E-state index in [9.17, 15) is 14.4 Å². The minimum Gasteiger partial charge on any atom is -0.356 e. The molecule has 0 saturated carbocycles. The quantitative estimate of drug-likeness (QED) is 0.358. The number of rotatable bonds is 8. The SMILES string of the molecule is CC(=O)NCCCCN1C(=O)N(c2cc(Cl)cc(Cl)c2)C(=O)[C@@]1(C)Cc1ccc(Br)cc1. The Hall–Kier alpha value is -2.09. The number of halogens is 3. The number of nitrogens with zero attached hydrogens (tertiary/aromatic N) is 2. The van der Waals surface area contributed by atoms with Crippen LogP contribution in [0, 0.1) is 0 Å². The second-order valence-corrected chi connectivity index (χ2v) is 9.76. The van der Waals surface area contributed by atoms with Gasteiger partial charge in [0.2, 0.25) is 5.91 Å². The van der Waals surface area contributed by atoms with Gasteiger partial charge in [-0.25, -0.2) is 9.69 Å². The summed E-state index contributed by atoms with van der Waals surface area (Å²) in [6.07, 6.45) is 1.69. The zero-order valence-corrected chi connectivity index (χ0v) is 20.9. The lowest BCUT2D eigenvalue weighted by Crippen LogP contribution is -2.49. The van der Waals surface area contributed by atoms with E-state index in [4.69, 9.17) is 23.2 Å². The van der Waals surface area contributed by atoms with E-state index in [0.29, 0.717) is 48.1 Å². The first-order valence-corrected chi connectivity index (χ1v) is 11.8. The summed E-state index contributed by atoms with van der Waals surface area (Å²) in [4.78, 5) is 40.9. The second-order valence-electron chi connectivity index (χ2n) is 7.97. The molecule has 170 valence electrons. The smallest absolute Gasteiger partial charge is 0.332 e. The van der Waals surface area contributed by atoms with Crippen molar-refractivity contribution in [2.45, 2.75) is 38.6 Å². The van der Waals surface area contributed by atoms with Crippen molar-refractivity contribution in [3.05, 3.63) is 62.5 Å². The maximum Gasteiger partial charge on any atom is 0.332 e. The van der Waals surface area contributed by atoms with Crippen LogP contribution in [0.15, 0.2) is 46.9 Å². The molecule has 0 unspecified atom stereocenters. The molecule has 2 aromatic rings. The van der Waals surface area contributed by atoms with Crippen LogP contribution in [-0.2, 0) is 16.0 Å². The lowest BCUT2D eigenvalue weighted by atomic mass is 9.91. The molecule has 9 heteroatoms. The number of nitrogens with one attached hydrogen (secondary N) is 1. The molecule has 0 bridgehead atoms. The van der Waals surface area contributed by atoms with Crippen LogP contribution < -0.4 is 10.2 Å². The van der Waals surface area contributed by atoms with E-state index >= 15 is 0 Å². The van der Waals surface area contributed by atoms with Crippen LogP contribution in [0.1, 0.15) is 32.3 Å². The van der Waals surface area contributed by atoms with E-state index in [1.54, 1.807) is 30.0 Å². The van der Waals surface area contributed by atoms with Gasteiger partial charge < -0.3 is 10.2 Å². The molecule has 0 aromatic heterocycles. The summed E-state index contributed by atoms with van der Waals surface area (Å²) in [5.74, 6) is -0.424. The summed E-state index contributed by atoms with van der Waals surface area (Å²) in [5, 5.41) is 3.44. The summed E-state index contributed by atoms with van der Waals surface area (Å²) in [6, 6.07) is 11.9. The number of benzene rings is 2. The number of imide groups is 1. The maximum atomic E-state index is 13.6. The number of carbonyl (C=O) groups excluding carboxylic acids is 3. The van der Waals surface area contributed by atoms with Crippen LogP contribution in [0.5, 0.6) is 0 Å². The fourth-order valence-electron chi connectivity index (χ4n) is 3.84. The van der Waals surface area contributed by atoms with Gasteiger partial charge in [-0.1, -0.05) is 51.3 Å². The van der Waals surface area contributed by atoms with Gasteiger partial charge in [0, 0.05) is 41.0 Å². The molecule has 32 heavy (non-hydrogen) atoms. The van der Waals surface area contributed by atoms with Crippen LogP contribution >= 0.6 is 39.1 Å². The molecule has 0 radical (unpaired) electrons. The number of urea groups is 1. The molecule has 1 saturated heterocycles. The van der Waals surface area contributed by atoms with E-state index in [1.807, 2.05) is 24.3 Å². The normalized spacial score (nSPS) is 18.4. The first-order chi connectivity index (χ1) is 15.1. The average molecular weight is 541 g/mol. The minimum absolute atomic E-state index is 0.0958. The topological polar surface area (TPSA) is 69.7 Å². The van der Waals surface area contributed by atoms with Crippen molar-refractivity contribution in [1.82, 2.24) is 10.2 Å². The molecule has 1 aliphatic heterocycles. The molecule has 0 spiro atoms. The molecule has 1 heterocycles. The van der Waals surface area contributed by atoms with Gasteiger partial charge in [0.15, 0.2) is 0 Å². The van der Waals surface area contributed by atoms with Crippen LogP contribution in [0.4, 0.5) is 10.5 Å². The van der Waals surface area contributed by atoms with Crippen molar-refractivity contribution in [2.75, 3.05) is 18.0 Å². The van der Waals surface area contributed by atoms with Gasteiger partial charge in [0.1, 0.15) is 5.54 Å². The van der Waals surface area contributed by atoms with Crippen LogP contribution in [0.25, 0.3) is 0 Å².